The van der Waals surface area contributed by atoms with Gasteiger partial charge in [-0.15, -0.1) is 0 Å². The van der Waals surface area contributed by atoms with Gasteiger partial charge in [-0.05, 0) is 45.7 Å². The predicted octanol–water partition coefficient (Wildman–Crippen LogP) is 2.10. The molecule has 15 heavy (non-hydrogen) atoms. The summed E-state index contributed by atoms with van der Waals surface area (Å²) in [6.45, 7) is 5.43. The lowest BCUT2D eigenvalue weighted by Gasteiger charge is -2.20. The Labute approximate surface area is 91.9 Å². The van der Waals surface area contributed by atoms with Crippen LogP contribution in [0.1, 0.15) is 49.9 Å². The molecule has 0 aromatic carbocycles. The largest absolute Gasteiger partial charge is 0.319 e. The van der Waals surface area contributed by atoms with E-state index >= 15 is 0 Å². The van der Waals surface area contributed by atoms with Crippen molar-refractivity contribution in [3.8, 4) is 0 Å². The summed E-state index contributed by atoms with van der Waals surface area (Å²) in [5.74, 6) is 0.624. The van der Waals surface area contributed by atoms with E-state index in [0.717, 1.165) is 6.54 Å². The molecule has 1 aliphatic carbocycles. The zero-order chi connectivity index (χ0) is 10.8. The predicted molar refractivity (Wildman–Crippen MR) is 62.2 cm³/mol. The molecule has 1 aromatic rings. The molecule has 0 fully saturated rings. The molecule has 0 radical (unpaired) electrons. The Bertz CT molecular complexity index is 328. The van der Waals surface area contributed by atoms with E-state index in [1.165, 1.54) is 30.5 Å². The summed E-state index contributed by atoms with van der Waals surface area (Å²) < 4.78 is 2.11. The van der Waals surface area contributed by atoms with E-state index in [-0.39, 0.29) is 0 Å². The normalized spacial score (nSPS) is 20.7. The summed E-state index contributed by atoms with van der Waals surface area (Å²) in [6, 6.07) is 0.478. The number of nitrogens with zero attached hydrogens (tertiary/aromatic N) is 2. The highest BCUT2D eigenvalue weighted by molar-refractivity contribution is 5.24. The summed E-state index contributed by atoms with van der Waals surface area (Å²) >= 11 is 0. The van der Waals surface area contributed by atoms with Crippen molar-refractivity contribution in [1.82, 2.24) is 15.1 Å². The second kappa shape index (κ2) is 4.35. The van der Waals surface area contributed by atoms with Gasteiger partial charge in [-0.3, -0.25) is 4.68 Å². The topological polar surface area (TPSA) is 29.9 Å². The SMILES string of the molecule is CNCC1CCCc2cn(C(C)C)nc21. The van der Waals surface area contributed by atoms with Crippen LogP contribution in [0.2, 0.25) is 0 Å². The zero-order valence-electron chi connectivity index (χ0n) is 9.95. The fourth-order valence-electron chi connectivity index (χ4n) is 2.37. The van der Waals surface area contributed by atoms with Gasteiger partial charge in [0.15, 0.2) is 0 Å². The molecule has 84 valence electrons. The first kappa shape index (κ1) is 10.7. The highest BCUT2D eigenvalue weighted by Gasteiger charge is 2.23. The molecule has 0 aliphatic heterocycles. The second-order valence-electron chi connectivity index (χ2n) is 4.76. The van der Waals surface area contributed by atoms with Crippen LogP contribution in [0, 0.1) is 0 Å². The van der Waals surface area contributed by atoms with Crippen LogP contribution in [-0.4, -0.2) is 23.4 Å². The van der Waals surface area contributed by atoms with Gasteiger partial charge in [0.1, 0.15) is 0 Å². The van der Waals surface area contributed by atoms with Crippen LogP contribution in [0.15, 0.2) is 6.20 Å². The van der Waals surface area contributed by atoms with Crippen LogP contribution < -0.4 is 5.32 Å². The number of nitrogens with one attached hydrogen (secondary N) is 1. The number of fused-ring (bicyclic) bond motifs is 1. The molecular weight excluding hydrogens is 186 g/mol. The first-order chi connectivity index (χ1) is 7.22. The molecule has 0 amide bonds. The molecule has 0 bridgehead atoms. The van der Waals surface area contributed by atoms with Crippen molar-refractivity contribution in [3.05, 3.63) is 17.5 Å². The van der Waals surface area contributed by atoms with E-state index in [1.807, 2.05) is 7.05 Å². The van der Waals surface area contributed by atoms with Crippen molar-refractivity contribution in [2.45, 2.75) is 45.1 Å². The van der Waals surface area contributed by atoms with Crippen LogP contribution in [0.25, 0.3) is 0 Å². The molecule has 0 saturated heterocycles. The molecule has 1 heterocycles. The minimum atomic E-state index is 0.478. The van der Waals surface area contributed by atoms with Gasteiger partial charge in [0, 0.05) is 24.7 Å². The highest BCUT2D eigenvalue weighted by Crippen LogP contribution is 2.30. The summed E-state index contributed by atoms with van der Waals surface area (Å²) in [4.78, 5) is 0. The Balaban J connectivity index is 2.26. The maximum absolute atomic E-state index is 4.73. The monoisotopic (exact) mass is 207 g/mol. The van der Waals surface area contributed by atoms with E-state index in [9.17, 15) is 0 Å². The van der Waals surface area contributed by atoms with Crippen molar-refractivity contribution in [2.24, 2.45) is 0 Å². The van der Waals surface area contributed by atoms with Crippen molar-refractivity contribution in [3.63, 3.8) is 0 Å². The Kier molecular flexibility index (Phi) is 3.10. The van der Waals surface area contributed by atoms with E-state index in [2.05, 4.69) is 30.0 Å². The highest BCUT2D eigenvalue weighted by atomic mass is 15.3. The molecule has 1 aromatic heterocycles. The summed E-state index contributed by atoms with van der Waals surface area (Å²) in [5.41, 5.74) is 2.81. The Morgan fingerprint density at radius 1 is 1.60 bits per heavy atom. The maximum Gasteiger partial charge on any atom is 0.0700 e. The van der Waals surface area contributed by atoms with Gasteiger partial charge < -0.3 is 5.32 Å². The van der Waals surface area contributed by atoms with Crippen LogP contribution in [0.3, 0.4) is 0 Å². The van der Waals surface area contributed by atoms with Gasteiger partial charge in [0.25, 0.3) is 0 Å². The lowest BCUT2D eigenvalue weighted by molar-refractivity contribution is 0.491. The van der Waals surface area contributed by atoms with Crippen molar-refractivity contribution < 1.29 is 0 Å². The van der Waals surface area contributed by atoms with Gasteiger partial charge >= 0.3 is 0 Å². The minimum absolute atomic E-state index is 0.478. The number of hydrogen-bond donors (Lipinski definition) is 1. The molecule has 1 N–H and O–H groups in total. The second-order valence-corrected chi connectivity index (χ2v) is 4.76. The van der Waals surface area contributed by atoms with Crippen LogP contribution in [0.4, 0.5) is 0 Å². The quantitative estimate of drug-likeness (QED) is 0.822. The zero-order valence-corrected chi connectivity index (χ0v) is 9.95. The van der Waals surface area contributed by atoms with Crippen molar-refractivity contribution in [1.29, 1.82) is 0 Å². The number of likely N-dealkylation sites (N-methyl/N-ethyl adjacent to an activating group) is 1. The van der Waals surface area contributed by atoms with Crippen molar-refractivity contribution >= 4 is 0 Å². The van der Waals surface area contributed by atoms with Gasteiger partial charge in [-0.25, -0.2) is 0 Å². The van der Waals surface area contributed by atoms with Gasteiger partial charge in [-0.2, -0.15) is 5.10 Å². The fourth-order valence-corrected chi connectivity index (χ4v) is 2.37. The third-order valence-corrected chi connectivity index (χ3v) is 3.21. The van der Waals surface area contributed by atoms with E-state index in [4.69, 9.17) is 5.10 Å². The van der Waals surface area contributed by atoms with Crippen LogP contribution in [0.5, 0.6) is 0 Å². The Morgan fingerprint density at radius 2 is 2.40 bits per heavy atom. The first-order valence-electron chi connectivity index (χ1n) is 5.95. The number of rotatable bonds is 3. The van der Waals surface area contributed by atoms with Crippen LogP contribution >= 0.6 is 0 Å². The molecule has 1 atom stereocenters. The van der Waals surface area contributed by atoms with Gasteiger partial charge in [0.2, 0.25) is 0 Å². The Morgan fingerprint density at radius 3 is 3.07 bits per heavy atom. The molecule has 1 unspecified atom stereocenters. The molecule has 0 saturated carbocycles. The molecule has 3 heteroatoms. The first-order valence-corrected chi connectivity index (χ1v) is 5.95. The number of aromatic nitrogens is 2. The van der Waals surface area contributed by atoms with Gasteiger partial charge in [0.05, 0.1) is 5.69 Å². The summed E-state index contributed by atoms with van der Waals surface area (Å²) in [5, 5.41) is 7.99. The maximum atomic E-state index is 4.73. The lowest BCUT2D eigenvalue weighted by Crippen LogP contribution is -2.21. The third kappa shape index (κ3) is 2.07. The molecule has 2 rings (SSSR count). The molecule has 3 nitrogen and oxygen atoms in total. The molecular formula is C12H21N3. The third-order valence-electron chi connectivity index (χ3n) is 3.21. The summed E-state index contributed by atoms with van der Waals surface area (Å²) in [7, 11) is 2.02. The standard InChI is InChI=1S/C12H21N3/c1-9(2)15-8-11-6-4-5-10(7-13-3)12(11)14-15/h8-10,13H,4-7H2,1-3H3. The lowest BCUT2D eigenvalue weighted by atomic mass is 9.88. The average Bonchev–Trinajstić information content (AvgIpc) is 2.63. The summed E-state index contributed by atoms with van der Waals surface area (Å²) in [6.07, 6.45) is 6.04. The van der Waals surface area contributed by atoms with E-state index in [0.29, 0.717) is 12.0 Å². The minimum Gasteiger partial charge on any atom is -0.319 e. The fraction of sp³-hybridized carbons (Fsp3) is 0.750. The number of aryl methyl sites for hydroxylation is 1. The molecule has 1 aliphatic rings. The number of hydrogen-bond acceptors (Lipinski definition) is 2. The Hall–Kier alpha value is -0.830. The van der Waals surface area contributed by atoms with Crippen LogP contribution in [-0.2, 0) is 6.42 Å². The van der Waals surface area contributed by atoms with E-state index < -0.39 is 0 Å². The van der Waals surface area contributed by atoms with Gasteiger partial charge in [-0.1, -0.05) is 0 Å². The average molecular weight is 207 g/mol. The molecule has 0 spiro atoms. The van der Waals surface area contributed by atoms with E-state index in [1.54, 1.807) is 0 Å². The smallest absolute Gasteiger partial charge is 0.0700 e. The van der Waals surface area contributed by atoms with Crippen molar-refractivity contribution in [2.75, 3.05) is 13.6 Å².